The molecule has 1 unspecified atom stereocenters. The normalized spacial score (nSPS) is 34.0. The summed E-state index contributed by atoms with van der Waals surface area (Å²) < 4.78 is 0.948. The van der Waals surface area contributed by atoms with E-state index >= 15 is 0 Å². The minimum absolute atomic E-state index is 0.125. The molecule has 2 aliphatic rings. The molecular formula is C15H16BrNO2. The van der Waals surface area contributed by atoms with Crippen LogP contribution in [-0.4, -0.2) is 11.8 Å². The number of halogens is 1. The van der Waals surface area contributed by atoms with Gasteiger partial charge in [0, 0.05) is 10.9 Å². The number of amides is 2. The van der Waals surface area contributed by atoms with E-state index in [1.807, 2.05) is 24.3 Å². The standard InChI is InChI=1S/C15H16BrNO2/c1-9-6-15(7-9)8-12(18)17-14(19)13(15)10-4-2-3-5-11(10)16/h2-5,9,13H,6-8H2,1H3,(H,17,18,19). The van der Waals surface area contributed by atoms with E-state index in [1.54, 1.807) is 0 Å². The monoisotopic (exact) mass is 321 g/mol. The maximum Gasteiger partial charge on any atom is 0.234 e. The smallest absolute Gasteiger partial charge is 0.234 e. The number of nitrogens with one attached hydrogen (secondary N) is 1. The number of piperidine rings is 1. The Morgan fingerprint density at radius 2 is 1.95 bits per heavy atom. The Kier molecular flexibility index (Phi) is 3.01. The predicted molar refractivity (Wildman–Crippen MR) is 75.5 cm³/mol. The van der Waals surface area contributed by atoms with Gasteiger partial charge in [0.05, 0.1) is 5.92 Å². The molecule has 3 rings (SSSR count). The van der Waals surface area contributed by atoms with E-state index < -0.39 is 0 Å². The van der Waals surface area contributed by atoms with Crippen molar-refractivity contribution in [2.24, 2.45) is 11.3 Å². The zero-order valence-electron chi connectivity index (χ0n) is 10.8. The van der Waals surface area contributed by atoms with Gasteiger partial charge < -0.3 is 0 Å². The Bertz CT molecular complexity index is 549. The average Bonchev–Trinajstić information content (AvgIpc) is 2.28. The topological polar surface area (TPSA) is 46.2 Å². The van der Waals surface area contributed by atoms with E-state index in [0.29, 0.717) is 12.3 Å². The number of hydrogen-bond donors (Lipinski definition) is 1. The molecule has 2 amide bonds. The van der Waals surface area contributed by atoms with Crippen molar-refractivity contribution in [1.29, 1.82) is 0 Å². The second-order valence-corrected chi connectivity index (χ2v) is 6.77. The third-order valence-corrected chi connectivity index (χ3v) is 5.10. The second kappa shape index (κ2) is 4.44. The van der Waals surface area contributed by atoms with E-state index in [2.05, 4.69) is 28.2 Å². The fourth-order valence-electron chi connectivity index (χ4n) is 3.84. The van der Waals surface area contributed by atoms with Crippen molar-refractivity contribution in [3.63, 3.8) is 0 Å². The van der Waals surface area contributed by atoms with E-state index in [1.165, 1.54) is 0 Å². The first-order chi connectivity index (χ1) is 9.02. The number of hydrogen-bond acceptors (Lipinski definition) is 2. The molecule has 1 N–H and O–H groups in total. The highest BCUT2D eigenvalue weighted by atomic mass is 79.9. The fourth-order valence-corrected chi connectivity index (χ4v) is 4.36. The summed E-state index contributed by atoms with van der Waals surface area (Å²) in [5.41, 5.74) is 0.835. The number of imide groups is 1. The molecule has 100 valence electrons. The van der Waals surface area contributed by atoms with Gasteiger partial charge in [-0.3, -0.25) is 14.9 Å². The number of benzene rings is 1. The molecule has 1 saturated heterocycles. The van der Waals surface area contributed by atoms with Gasteiger partial charge in [-0.2, -0.15) is 0 Å². The van der Waals surface area contributed by atoms with E-state index in [0.717, 1.165) is 22.9 Å². The van der Waals surface area contributed by atoms with Crippen molar-refractivity contribution in [3.8, 4) is 0 Å². The lowest BCUT2D eigenvalue weighted by Crippen LogP contribution is -2.55. The summed E-state index contributed by atoms with van der Waals surface area (Å²) in [6.45, 7) is 2.18. The molecule has 1 spiro atoms. The minimum Gasteiger partial charge on any atom is -0.296 e. The molecule has 0 radical (unpaired) electrons. The van der Waals surface area contributed by atoms with Crippen molar-refractivity contribution < 1.29 is 9.59 Å². The van der Waals surface area contributed by atoms with Crippen LogP contribution in [0.15, 0.2) is 28.7 Å². The number of carbonyl (C=O) groups excluding carboxylic acids is 2. The molecule has 3 nitrogen and oxygen atoms in total. The Labute approximate surface area is 120 Å². The van der Waals surface area contributed by atoms with E-state index in [9.17, 15) is 9.59 Å². The Balaban J connectivity index is 2.04. The predicted octanol–water partition coefficient (Wildman–Crippen LogP) is 3.00. The highest BCUT2D eigenvalue weighted by Gasteiger charge is 2.55. The minimum atomic E-state index is -0.211. The first-order valence-corrected chi connectivity index (χ1v) is 7.39. The van der Waals surface area contributed by atoms with Gasteiger partial charge in [0.2, 0.25) is 11.8 Å². The summed E-state index contributed by atoms with van der Waals surface area (Å²) in [6, 6.07) is 7.82. The zero-order chi connectivity index (χ0) is 13.6. The van der Waals surface area contributed by atoms with Crippen molar-refractivity contribution in [2.75, 3.05) is 0 Å². The van der Waals surface area contributed by atoms with Crippen molar-refractivity contribution in [3.05, 3.63) is 34.3 Å². The van der Waals surface area contributed by atoms with Crippen molar-refractivity contribution in [2.45, 2.75) is 32.1 Å². The van der Waals surface area contributed by atoms with Crippen LogP contribution in [0.5, 0.6) is 0 Å². The Morgan fingerprint density at radius 3 is 2.58 bits per heavy atom. The third-order valence-electron chi connectivity index (χ3n) is 4.38. The van der Waals surface area contributed by atoms with Gasteiger partial charge in [-0.25, -0.2) is 0 Å². The van der Waals surface area contributed by atoms with Gasteiger partial charge in [0.1, 0.15) is 0 Å². The molecule has 4 heteroatoms. The lowest BCUT2D eigenvalue weighted by molar-refractivity contribution is -0.145. The first kappa shape index (κ1) is 12.9. The van der Waals surface area contributed by atoms with Crippen molar-refractivity contribution in [1.82, 2.24) is 5.32 Å². The largest absolute Gasteiger partial charge is 0.296 e. The molecule has 1 aliphatic heterocycles. The van der Waals surface area contributed by atoms with Gasteiger partial charge in [-0.15, -0.1) is 0 Å². The molecule has 1 heterocycles. The molecule has 1 aliphatic carbocycles. The first-order valence-electron chi connectivity index (χ1n) is 6.60. The van der Waals surface area contributed by atoms with Crippen LogP contribution in [-0.2, 0) is 9.59 Å². The van der Waals surface area contributed by atoms with Crippen LogP contribution in [0.2, 0.25) is 0 Å². The molecule has 1 aromatic carbocycles. The van der Waals surface area contributed by atoms with E-state index in [4.69, 9.17) is 0 Å². The number of carbonyl (C=O) groups is 2. The molecule has 2 fully saturated rings. The molecular weight excluding hydrogens is 306 g/mol. The van der Waals surface area contributed by atoms with Crippen LogP contribution in [0.3, 0.4) is 0 Å². The maximum absolute atomic E-state index is 12.3. The highest BCUT2D eigenvalue weighted by molar-refractivity contribution is 9.10. The lowest BCUT2D eigenvalue weighted by Gasteiger charge is -2.52. The molecule has 1 atom stereocenters. The molecule has 19 heavy (non-hydrogen) atoms. The Morgan fingerprint density at radius 1 is 1.26 bits per heavy atom. The van der Waals surface area contributed by atoms with Crippen LogP contribution in [0, 0.1) is 11.3 Å². The molecule has 0 aromatic heterocycles. The van der Waals surface area contributed by atoms with Crippen LogP contribution in [0.4, 0.5) is 0 Å². The van der Waals surface area contributed by atoms with Crippen LogP contribution in [0.1, 0.15) is 37.7 Å². The summed E-state index contributed by atoms with van der Waals surface area (Å²) in [5, 5.41) is 2.49. The summed E-state index contributed by atoms with van der Waals surface area (Å²) in [5.74, 6) is 0.121. The van der Waals surface area contributed by atoms with Crippen LogP contribution < -0.4 is 5.32 Å². The number of rotatable bonds is 1. The highest BCUT2D eigenvalue weighted by Crippen LogP contribution is 2.58. The van der Waals surface area contributed by atoms with Gasteiger partial charge in [-0.05, 0) is 35.8 Å². The zero-order valence-corrected chi connectivity index (χ0v) is 12.4. The SMILES string of the molecule is CC1CC2(CC(=O)NC(=O)C2c2ccccc2Br)C1. The summed E-state index contributed by atoms with van der Waals surface area (Å²) >= 11 is 3.53. The maximum atomic E-state index is 12.3. The second-order valence-electron chi connectivity index (χ2n) is 5.92. The Hall–Kier alpha value is -1.16. The molecule has 1 saturated carbocycles. The molecule has 0 bridgehead atoms. The van der Waals surface area contributed by atoms with Crippen LogP contribution >= 0.6 is 15.9 Å². The van der Waals surface area contributed by atoms with E-state index in [-0.39, 0.29) is 23.1 Å². The lowest BCUT2D eigenvalue weighted by atomic mass is 9.52. The van der Waals surface area contributed by atoms with Crippen LogP contribution in [0.25, 0.3) is 0 Å². The fraction of sp³-hybridized carbons (Fsp3) is 0.467. The summed E-state index contributed by atoms with van der Waals surface area (Å²) in [4.78, 5) is 24.0. The quantitative estimate of drug-likeness (QED) is 0.808. The average molecular weight is 322 g/mol. The van der Waals surface area contributed by atoms with Gasteiger partial charge in [0.25, 0.3) is 0 Å². The molecule has 1 aromatic rings. The summed E-state index contributed by atoms with van der Waals surface area (Å²) in [7, 11) is 0. The van der Waals surface area contributed by atoms with Crippen molar-refractivity contribution >= 4 is 27.7 Å². The van der Waals surface area contributed by atoms with Gasteiger partial charge in [0.15, 0.2) is 0 Å². The third kappa shape index (κ3) is 2.02. The van der Waals surface area contributed by atoms with Gasteiger partial charge in [-0.1, -0.05) is 41.1 Å². The van der Waals surface area contributed by atoms with Gasteiger partial charge >= 0.3 is 0 Å². The summed E-state index contributed by atoms with van der Waals surface area (Å²) in [6.07, 6.45) is 2.38.